The van der Waals surface area contributed by atoms with Gasteiger partial charge in [0.25, 0.3) is 0 Å². The summed E-state index contributed by atoms with van der Waals surface area (Å²) >= 11 is 0. The van der Waals surface area contributed by atoms with Crippen LogP contribution in [0.5, 0.6) is 0 Å². The van der Waals surface area contributed by atoms with Crippen LogP contribution in [0.4, 0.5) is 10.1 Å². The second kappa shape index (κ2) is 4.27. The Morgan fingerprint density at radius 3 is 2.89 bits per heavy atom. The molecule has 1 unspecified atom stereocenters. The third-order valence-corrected chi connectivity index (χ3v) is 3.15. The van der Waals surface area contributed by atoms with Gasteiger partial charge in [0, 0.05) is 13.1 Å². The Hall–Kier alpha value is -2.13. The van der Waals surface area contributed by atoms with Gasteiger partial charge in [0.15, 0.2) is 0 Å². The number of nitrogens with two attached hydrogens (primary N) is 1. The zero-order valence-electron chi connectivity index (χ0n) is 9.56. The average molecular weight is 249 g/mol. The van der Waals surface area contributed by atoms with Crippen LogP contribution >= 0.6 is 0 Å². The Balaban J connectivity index is 2.30. The number of hydrogen-bond acceptors (Lipinski definition) is 4. The molecule has 1 aromatic carbocycles. The standard InChI is InChI=1S/C12H12FN3O2/c13-9-1-2-10(8(5-9)6-14)16-4-3-12(15,7-16)11(17)18/h1-2,5H,3-4,7,15H2,(H,17,18). The molecular weight excluding hydrogens is 237 g/mol. The summed E-state index contributed by atoms with van der Waals surface area (Å²) in [7, 11) is 0. The lowest BCUT2D eigenvalue weighted by Crippen LogP contribution is -2.50. The quantitative estimate of drug-likeness (QED) is 0.804. The van der Waals surface area contributed by atoms with Crippen molar-refractivity contribution in [3.05, 3.63) is 29.6 Å². The van der Waals surface area contributed by atoms with Gasteiger partial charge in [0.1, 0.15) is 17.4 Å². The van der Waals surface area contributed by atoms with Gasteiger partial charge in [0.05, 0.1) is 11.3 Å². The van der Waals surface area contributed by atoms with Crippen LogP contribution in [0.3, 0.4) is 0 Å². The number of halogens is 1. The number of carboxylic acids is 1. The monoisotopic (exact) mass is 249 g/mol. The summed E-state index contributed by atoms with van der Waals surface area (Å²) in [6.45, 7) is 0.547. The van der Waals surface area contributed by atoms with Gasteiger partial charge in [-0.05, 0) is 24.6 Å². The van der Waals surface area contributed by atoms with Gasteiger partial charge in [-0.1, -0.05) is 0 Å². The van der Waals surface area contributed by atoms with E-state index in [9.17, 15) is 9.18 Å². The van der Waals surface area contributed by atoms with Gasteiger partial charge in [-0.3, -0.25) is 4.79 Å². The van der Waals surface area contributed by atoms with Crippen molar-refractivity contribution in [2.75, 3.05) is 18.0 Å². The molecule has 2 rings (SSSR count). The molecule has 0 spiro atoms. The van der Waals surface area contributed by atoms with Crippen LogP contribution in [0.2, 0.25) is 0 Å². The molecule has 18 heavy (non-hydrogen) atoms. The van der Waals surface area contributed by atoms with Gasteiger partial charge in [-0.2, -0.15) is 5.26 Å². The molecule has 0 bridgehead atoms. The minimum Gasteiger partial charge on any atom is -0.480 e. The zero-order valence-corrected chi connectivity index (χ0v) is 9.56. The minimum atomic E-state index is -1.30. The van der Waals surface area contributed by atoms with Gasteiger partial charge in [0.2, 0.25) is 0 Å². The molecule has 1 heterocycles. The number of hydrogen-bond donors (Lipinski definition) is 2. The molecule has 1 fully saturated rings. The normalized spacial score (nSPS) is 22.8. The van der Waals surface area contributed by atoms with E-state index in [-0.39, 0.29) is 12.1 Å². The first-order chi connectivity index (χ1) is 8.46. The van der Waals surface area contributed by atoms with E-state index < -0.39 is 17.3 Å². The van der Waals surface area contributed by atoms with Crippen LogP contribution in [0, 0.1) is 17.1 Å². The van der Waals surface area contributed by atoms with Crippen LogP contribution < -0.4 is 10.6 Å². The Kier molecular flexibility index (Phi) is 2.93. The van der Waals surface area contributed by atoms with Gasteiger partial charge < -0.3 is 15.7 Å². The predicted molar refractivity (Wildman–Crippen MR) is 62.5 cm³/mol. The van der Waals surface area contributed by atoms with Gasteiger partial charge in [-0.25, -0.2) is 4.39 Å². The summed E-state index contributed by atoms with van der Waals surface area (Å²) in [5, 5.41) is 18.0. The minimum absolute atomic E-state index is 0.114. The molecule has 0 amide bonds. The Morgan fingerprint density at radius 1 is 1.61 bits per heavy atom. The molecule has 1 saturated heterocycles. The van der Waals surface area contributed by atoms with E-state index in [1.165, 1.54) is 12.1 Å². The molecule has 1 aliphatic rings. The highest BCUT2D eigenvalue weighted by Gasteiger charge is 2.41. The first kappa shape index (κ1) is 12.3. The maximum absolute atomic E-state index is 13.0. The van der Waals surface area contributed by atoms with E-state index >= 15 is 0 Å². The van der Waals surface area contributed by atoms with E-state index in [1.807, 2.05) is 6.07 Å². The fourth-order valence-corrected chi connectivity index (χ4v) is 2.09. The summed E-state index contributed by atoms with van der Waals surface area (Å²) in [6.07, 6.45) is 0.296. The van der Waals surface area contributed by atoms with Crippen molar-refractivity contribution in [2.45, 2.75) is 12.0 Å². The third kappa shape index (κ3) is 2.00. The maximum atomic E-state index is 13.0. The van der Waals surface area contributed by atoms with E-state index in [2.05, 4.69) is 0 Å². The zero-order chi connectivity index (χ0) is 13.3. The van der Waals surface area contributed by atoms with Crippen LogP contribution in [0.1, 0.15) is 12.0 Å². The van der Waals surface area contributed by atoms with E-state index in [4.69, 9.17) is 16.1 Å². The second-order valence-electron chi connectivity index (χ2n) is 4.41. The number of carboxylic acid groups (broad SMARTS) is 1. The number of carbonyl (C=O) groups is 1. The highest BCUT2D eigenvalue weighted by atomic mass is 19.1. The van der Waals surface area contributed by atoms with Crippen molar-refractivity contribution in [2.24, 2.45) is 5.73 Å². The molecule has 94 valence electrons. The fourth-order valence-electron chi connectivity index (χ4n) is 2.09. The largest absolute Gasteiger partial charge is 0.480 e. The molecule has 0 aliphatic carbocycles. The third-order valence-electron chi connectivity index (χ3n) is 3.15. The van der Waals surface area contributed by atoms with Gasteiger partial charge >= 0.3 is 5.97 Å². The van der Waals surface area contributed by atoms with Crippen LogP contribution in [-0.2, 0) is 4.79 Å². The average Bonchev–Trinajstić information content (AvgIpc) is 2.73. The lowest BCUT2D eigenvalue weighted by molar-refractivity contribution is -0.142. The Bertz CT molecular complexity index is 541. The number of anilines is 1. The van der Waals surface area contributed by atoms with Crippen molar-refractivity contribution in [1.82, 2.24) is 0 Å². The smallest absolute Gasteiger partial charge is 0.325 e. The lowest BCUT2D eigenvalue weighted by Gasteiger charge is -2.22. The van der Waals surface area contributed by atoms with Crippen molar-refractivity contribution in [3.8, 4) is 6.07 Å². The van der Waals surface area contributed by atoms with Crippen molar-refractivity contribution >= 4 is 11.7 Å². The molecule has 6 heteroatoms. The van der Waals surface area contributed by atoms with Crippen LogP contribution in [-0.4, -0.2) is 29.7 Å². The van der Waals surface area contributed by atoms with E-state index in [1.54, 1.807) is 4.90 Å². The summed E-state index contributed by atoms with van der Waals surface area (Å²) in [4.78, 5) is 12.7. The summed E-state index contributed by atoms with van der Waals surface area (Å²) in [5.41, 5.74) is 5.15. The van der Waals surface area contributed by atoms with Crippen molar-refractivity contribution in [3.63, 3.8) is 0 Å². The Labute approximate surface area is 103 Å². The molecule has 0 aromatic heterocycles. The van der Waals surface area contributed by atoms with Crippen molar-refractivity contribution < 1.29 is 14.3 Å². The number of nitriles is 1. The van der Waals surface area contributed by atoms with E-state index in [0.717, 1.165) is 6.07 Å². The highest BCUT2D eigenvalue weighted by molar-refractivity contribution is 5.81. The SMILES string of the molecule is N#Cc1cc(F)ccc1N1CCC(N)(C(=O)O)C1. The first-order valence-electron chi connectivity index (χ1n) is 5.43. The van der Waals surface area contributed by atoms with Crippen LogP contribution in [0.15, 0.2) is 18.2 Å². The maximum Gasteiger partial charge on any atom is 0.325 e. The summed E-state index contributed by atoms with van der Waals surface area (Å²) in [5.74, 6) is -1.56. The number of aliphatic carboxylic acids is 1. The molecule has 1 aromatic rings. The number of nitrogens with zero attached hydrogens (tertiary/aromatic N) is 2. The molecule has 0 radical (unpaired) electrons. The molecule has 3 N–H and O–H groups in total. The fraction of sp³-hybridized carbons (Fsp3) is 0.333. The highest BCUT2D eigenvalue weighted by Crippen LogP contribution is 2.28. The Morgan fingerprint density at radius 2 is 2.33 bits per heavy atom. The van der Waals surface area contributed by atoms with Gasteiger partial charge in [-0.15, -0.1) is 0 Å². The first-order valence-corrected chi connectivity index (χ1v) is 5.43. The number of rotatable bonds is 2. The molecule has 1 aliphatic heterocycles. The second-order valence-corrected chi connectivity index (χ2v) is 4.41. The molecule has 5 nitrogen and oxygen atoms in total. The topological polar surface area (TPSA) is 90.4 Å². The van der Waals surface area contributed by atoms with Crippen LogP contribution in [0.25, 0.3) is 0 Å². The lowest BCUT2D eigenvalue weighted by atomic mass is 10.0. The predicted octanol–water partition coefficient (Wildman–Crippen LogP) is 0.690. The number of benzene rings is 1. The molecule has 1 atom stereocenters. The summed E-state index contributed by atoms with van der Waals surface area (Å²) in [6, 6.07) is 5.75. The van der Waals surface area contributed by atoms with Crippen molar-refractivity contribution in [1.29, 1.82) is 5.26 Å². The molecular formula is C12H12FN3O2. The summed E-state index contributed by atoms with van der Waals surface area (Å²) < 4.78 is 13.0. The molecule has 0 saturated carbocycles. The van der Waals surface area contributed by atoms with E-state index in [0.29, 0.717) is 18.7 Å².